The first kappa shape index (κ1) is 21.1. The van der Waals surface area contributed by atoms with Crippen LogP contribution in [0.25, 0.3) is 6.08 Å². The molecule has 2 amide bonds. The third kappa shape index (κ3) is 5.27. The van der Waals surface area contributed by atoms with E-state index in [4.69, 9.17) is 5.73 Å². The SMILES string of the molecule is CC(=C\c1ccccc1NC=O)/C(N)=C/Nc1ccc(N2CCN(C)CC2=O)cc1. The summed E-state index contributed by atoms with van der Waals surface area (Å²) in [7, 11) is 1.95. The Labute approximate surface area is 176 Å². The second-order valence-corrected chi connectivity index (χ2v) is 7.25. The fourth-order valence-corrected chi connectivity index (χ4v) is 3.21. The van der Waals surface area contributed by atoms with Crippen molar-refractivity contribution in [2.75, 3.05) is 42.2 Å². The maximum Gasteiger partial charge on any atom is 0.241 e. The van der Waals surface area contributed by atoms with Gasteiger partial charge in [0.2, 0.25) is 12.3 Å². The molecule has 0 aromatic heterocycles. The molecule has 0 bridgehead atoms. The number of carbonyl (C=O) groups is 2. The van der Waals surface area contributed by atoms with Crippen LogP contribution in [0.2, 0.25) is 0 Å². The van der Waals surface area contributed by atoms with Gasteiger partial charge in [0.05, 0.1) is 12.2 Å². The molecular weight excluding hydrogens is 378 g/mol. The fourth-order valence-electron chi connectivity index (χ4n) is 3.21. The van der Waals surface area contributed by atoms with E-state index in [1.807, 2.05) is 78.4 Å². The molecule has 7 heteroatoms. The van der Waals surface area contributed by atoms with Gasteiger partial charge in [-0.15, -0.1) is 0 Å². The molecule has 1 aliphatic heterocycles. The van der Waals surface area contributed by atoms with Crippen LogP contribution in [0.4, 0.5) is 17.1 Å². The van der Waals surface area contributed by atoms with Crippen LogP contribution >= 0.6 is 0 Å². The Balaban J connectivity index is 1.66. The number of amides is 2. The Bertz CT molecular complexity index is 966. The van der Waals surface area contributed by atoms with Crippen molar-refractivity contribution in [3.63, 3.8) is 0 Å². The number of piperazine rings is 1. The Morgan fingerprint density at radius 1 is 1.07 bits per heavy atom. The maximum atomic E-state index is 12.2. The second-order valence-electron chi connectivity index (χ2n) is 7.25. The summed E-state index contributed by atoms with van der Waals surface area (Å²) in [6.45, 7) is 3.91. The highest BCUT2D eigenvalue weighted by molar-refractivity contribution is 5.95. The van der Waals surface area contributed by atoms with Crippen molar-refractivity contribution in [2.45, 2.75) is 6.92 Å². The lowest BCUT2D eigenvalue weighted by molar-refractivity contribution is -0.120. The Hall–Kier alpha value is -3.58. The van der Waals surface area contributed by atoms with Gasteiger partial charge in [-0.2, -0.15) is 0 Å². The van der Waals surface area contributed by atoms with E-state index < -0.39 is 0 Å². The van der Waals surface area contributed by atoms with Crippen molar-refractivity contribution in [1.29, 1.82) is 0 Å². The van der Waals surface area contributed by atoms with Crippen LogP contribution in [0.5, 0.6) is 0 Å². The Morgan fingerprint density at radius 2 is 1.80 bits per heavy atom. The van der Waals surface area contributed by atoms with Crippen molar-refractivity contribution in [1.82, 2.24) is 4.90 Å². The normalized spacial score (nSPS) is 15.8. The molecule has 0 aliphatic carbocycles. The average molecular weight is 406 g/mol. The average Bonchev–Trinajstić information content (AvgIpc) is 2.74. The number of nitrogens with two attached hydrogens (primary N) is 1. The molecule has 0 atom stereocenters. The van der Waals surface area contributed by atoms with Crippen molar-refractivity contribution < 1.29 is 9.59 Å². The molecule has 3 rings (SSSR count). The smallest absolute Gasteiger partial charge is 0.241 e. The number of benzene rings is 2. The number of nitrogens with zero attached hydrogens (tertiary/aromatic N) is 2. The van der Waals surface area contributed by atoms with Crippen LogP contribution < -0.4 is 21.3 Å². The molecule has 30 heavy (non-hydrogen) atoms. The quantitative estimate of drug-likeness (QED) is 0.487. The predicted octanol–water partition coefficient (Wildman–Crippen LogP) is 2.85. The molecule has 1 saturated heterocycles. The van der Waals surface area contributed by atoms with Gasteiger partial charge >= 0.3 is 0 Å². The highest BCUT2D eigenvalue weighted by atomic mass is 16.2. The lowest BCUT2D eigenvalue weighted by atomic mass is 10.1. The molecule has 0 saturated carbocycles. The van der Waals surface area contributed by atoms with E-state index in [1.165, 1.54) is 0 Å². The molecule has 4 N–H and O–H groups in total. The predicted molar refractivity (Wildman–Crippen MR) is 122 cm³/mol. The number of likely N-dealkylation sites (N-methyl/N-ethyl adjacent to an activating group) is 1. The van der Waals surface area contributed by atoms with E-state index in [-0.39, 0.29) is 5.91 Å². The third-order valence-corrected chi connectivity index (χ3v) is 4.99. The van der Waals surface area contributed by atoms with Gasteiger partial charge in [-0.05, 0) is 61.5 Å². The lowest BCUT2D eigenvalue weighted by Gasteiger charge is -2.32. The van der Waals surface area contributed by atoms with Crippen molar-refractivity contribution in [2.24, 2.45) is 5.73 Å². The topological polar surface area (TPSA) is 90.7 Å². The molecule has 2 aromatic rings. The van der Waals surface area contributed by atoms with Crippen LogP contribution in [0.15, 0.2) is 66.0 Å². The van der Waals surface area contributed by atoms with E-state index in [2.05, 4.69) is 10.6 Å². The molecule has 1 fully saturated rings. The number of nitrogens with one attached hydrogen (secondary N) is 2. The zero-order chi connectivity index (χ0) is 21.5. The molecule has 1 heterocycles. The van der Waals surface area contributed by atoms with E-state index in [0.29, 0.717) is 25.2 Å². The standard InChI is InChI=1S/C23H27N5O2/c1-17(13-18-5-3-4-6-22(18)26-16-29)21(24)14-25-19-7-9-20(10-8-19)28-12-11-27(2)15-23(28)30/h3-10,13-14,16,25H,11-12,15,24H2,1-2H3,(H,26,29)/b17-13+,21-14-. The third-order valence-electron chi connectivity index (χ3n) is 4.99. The van der Waals surface area contributed by atoms with Gasteiger partial charge in [-0.3, -0.25) is 14.5 Å². The van der Waals surface area contributed by atoms with Gasteiger partial charge in [-0.1, -0.05) is 18.2 Å². The van der Waals surface area contributed by atoms with Crippen molar-refractivity contribution in [3.05, 3.63) is 71.6 Å². The Morgan fingerprint density at radius 3 is 2.50 bits per heavy atom. The number of allylic oxidation sites excluding steroid dienone is 1. The van der Waals surface area contributed by atoms with Crippen molar-refractivity contribution >= 4 is 35.5 Å². The number of hydrogen-bond donors (Lipinski definition) is 3. The summed E-state index contributed by atoms with van der Waals surface area (Å²) in [6, 6.07) is 15.2. The number of rotatable bonds is 7. The zero-order valence-electron chi connectivity index (χ0n) is 17.3. The van der Waals surface area contributed by atoms with Gasteiger partial charge in [0.1, 0.15) is 0 Å². The summed E-state index contributed by atoms with van der Waals surface area (Å²) < 4.78 is 0. The summed E-state index contributed by atoms with van der Waals surface area (Å²) in [5.41, 5.74) is 11.0. The van der Waals surface area contributed by atoms with E-state index in [1.54, 1.807) is 6.20 Å². The molecule has 7 nitrogen and oxygen atoms in total. The molecule has 2 aromatic carbocycles. The number of anilines is 3. The van der Waals surface area contributed by atoms with E-state index >= 15 is 0 Å². The molecule has 0 spiro atoms. The van der Waals surface area contributed by atoms with Gasteiger partial charge in [-0.25, -0.2) is 0 Å². The second kappa shape index (κ2) is 9.76. The number of para-hydroxylation sites is 1. The summed E-state index contributed by atoms with van der Waals surface area (Å²) in [6.07, 6.45) is 4.31. The summed E-state index contributed by atoms with van der Waals surface area (Å²) in [5, 5.41) is 5.87. The van der Waals surface area contributed by atoms with Crippen molar-refractivity contribution in [3.8, 4) is 0 Å². The monoisotopic (exact) mass is 405 g/mol. The molecule has 0 unspecified atom stereocenters. The van der Waals surface area contributed by atoms with Gasteiger partial charge < -0.3 is 21.3 Å². The first-order valence-electron chi connectivity index (χ1n) is 9.77. The number of hydrogen-bond acceptors (Lipinski definition) is 5. The minimum atomic E-state index is 0.110. The highest BCUT2D eigenvalue weighted by Gasteiger charge is 2.22. The van der Waals surface area contributed by atoms with Crippen LogP contribution in [0.1, 0.15) is 12.5 Å². The fraction of sp³-hybridized carbons (Fsp3) is 0.217. The van der Waals surface area contributed by atoms with Gasteiger partial charge in [0.15, 0.2) is 0 Å². The summed E-state index contributed by atoms with van der Waals surface area (Å²) in [5.74, 6) is 0.110. The van der Waals surface area contributed by atoms with E-state index in [9.17, 15) is 9.59 Å². The van der Waals surface area contributed by atoms with E-state index in [0.717, 1.165) is 34.7 Å². The minimum absolute atomic E-state index is 0.110. The minimum Gasteiger partial charge on any atom is -0.397 e. The van der Waals surface area contributed by atoms with Crippen LogP contribution in [0.3, 0.4) is 0 Å². The molecule has 156 valence electrons. The number of carbonyl (C=O) groups excluding carboxylic acids is 2. The molecule has 1 aliphatic rings. The largest absolute Gasteiger partial charge is 0.397 e. The van der Waals surface area contributed by atoms with Gasteiger partial charge in [0, 0.05) is 36.4 Å². The van der Waals surface area contributed by atoms with Crippen LogP contribution in [-0.2, 0) is 9.59 Å². The summed E-state index contributed by atoms with van der Waals surface area (Å²) >= 11 is 0. The zero-order valence-corrected chi connectivity index (χ0v) is 17.3. The molecule has 0 radical (unpaired) electrons. The van der Waals surface area contributed by atoms with Crippen LogP contribution in [-0.4, -0.2) is 43.9 Å². The maximum absolute atomic E-state index is 12.2. The molecular formula is C23H27N5O2. The first-order chi connectivity index (χ1) is 14.5. The Kier molecular flexibility index (Phi) is 6.87. The lowest BCUT2D eigenvalue weighted by Crippen LogP contribution is -2.48. The highest BCUT2D eigenvalue weighted by Crippen LogP contribution is 2.21. The summed E-state index contributed by atoms with van der Waals surface area (Å²) in [4.78, 5) is 26.8. The first-order valence-corrected chi connectivity index (χ1v) is 9.77. The van der Waals surface area contributed by atoms with Crippen LogP contribution in [0, 0.1) is 0 Å². The van der Waals surface area contributed by atoms with Gasteiger partial charge in [0.25, 0.3) is 0 Å².